The van der Waals surface area contributed by atoms with E-state index in [1.807, 2.05) is 0 Å². The van der Waals surface area contributed by atoms with Gasteiger partial charge in [0.05, 0.1) is 16.3 Å². The van der Waals surface area contributed by atoms with Gasteiger partial charge in [-0.1, -0.05) is 23.2 Å². The van der Waals surface area contributed by atoms with Crippen molar-refractivity contribution in [3.63, 3.8) is 0 Å². The van der Waals surface area contributed by atoms with E-state index in [-0.39, 0.29) is 11.7 Å². The van der Waals surface area contributed by atoms with Gasteiger partial charge in [0, 0.05) is 11.3 Å². The predicted molar refractivity (Wildman–Crippen MR) is 96.1 cm³/mol. The number of amides is 1. The first kappa shape index (κ1) is 15.7. The van der Waals surface area contributed by atoms with Crippen LogP contribution in [0.15, 0.2) is 63.6 Å². The number of carbonyl (C=O) groups excluding carboxylic acids is 1. The minimum Gasteiger partial charge on any atom is -0.459 e. The first-order chi connectivity index (χ1) is 12.1. The molecule has 2 heterocycles. The standard InChI is InChI=1S/C18H10Cl2N2O3/c19-12-5-3-10(8-13(12)20)18-22-14-9-11(4-6-15(14)25-18)21-17(23)16-2-1-7-24-16/h1-9H,(H,21,23). The van der Waals surface area contributed by atoms with Gasteiger partial charge in [-0.15, -0.1) is 0 Å². The number of rotatable bonds is 3. The van der Waals surface area contributed by atoms with Crippen molar-refractivity contribution >= 4 is 45.9 Å². The Morgan fingerprint density at radius 3 is 2.68 bits per heavy atom. The van der Waals surface area contributed by atoms with Gasteiger partial charge in [0.2, 0.25) is 5.89 Å². The van der Waals surface area contributed by atoms with Crippen LogP contribution in [0, 0.1) is 0 Å². The molecule has 1 amide bonds. The van der Waals surface area contributed by atoms with Crippen molar-refractivity contribution in [3.05, 3.63) is 70.6 Å². The molecule has 2 aromatic carbocycles. The Hall–Kier alpha value is -2.76. The highest BCUT2D eigenvalue weighted by molar-refractivity contribution is 6.42. The minimum absolute atomic E-state index is 0.233. The van der Waals surface area contributed by atoms with Crippen LogP contribution >= 0.6 is 23.2 Å². The Morgan fingerprint density at radius 1 is 1.04 bits per heavy atom. The Bertz CT molecular complexity index is 1070. The predicted octanol–water partition coefficient (Wildman–Crippen LogP) is 5.65. The molecule has 0 bridgehead atoms. The lowest BCUT2D eigenvalue weighted by Crippen LogP contribution is -2.10. The van der Waals surface area contributed by atoms with Crippen LogP contribution in [0.3, 0.4) is 0 Å². The van der Waals surface area contributed by atoms with E-state index in [2.05, 4.69) is 10.3 Å². The van der Waals surface area contributed by atoms with Gasteiger partial charge in [-0.05, 0) is 48.5 Å². The molecule has 0 aliphatic carbocycles. The number of nitrogens with one attached hydrogen (secondary N) is 1. The molecule has 4 rings (SSSR count). The monoisotopic (exact) mass is 372 g/mol. The fraction of sp³-hybridized carbons (Fsp3) is 0. The SMILES string of the molecule is O=C(Nc1ccc2oc(-c3ccc(Cl)c(Cl)c3)nc2c1)c1ccco1. The van der Waals surface area contributed by atoms with E-state index in [4.69, 9.17) is 32.0 Å². The second-order valence-electron chi connectivity index (χ2n) is 5.26. The fourth-order valence-corrected chi connectivity index (χ4v) is 2.66. The van der Waals surface area contributed by atoms with Crippen LogP contribution < -0.4 is 5.32 Å². The van der Waals surface area contributed by atoms with Gasteiger partial charge in [0.25, 0.3) is 5.91 Å². The Kier molecular flexibility index (Phi) is 3.95. The number of anilines is 1. The van der Waals surface area contributed by atoms with Crippen molar-refractivity contribution in [1.82, 2.24) is 4.98 Å². The average Bonchev–Trinajstić information content (AvgIpc) is 3.26. The zero-order chi connectivity index (χ0) is 17.4. The van der Waals surface area contributed by atoms with Gasteiger partial charge in [0.1, 0.15) is 5.52 Å². The number of hydrogen-bond acceptors (Lipinski definition) is 4. The molecule has 25 heavy (non-hydrogen) atoms. The van der Waals surface area contributed by atoms with Crippen molar-refractivity contribution in [3.8, 4) is 11.5 Å². The average molecular weight is 373 g/mol. The number of furan rings is 1. The second-order valence-corrected chi connectivity index (χ2v) is 6.08. The third-order valence-electron chi connectivity index (χ3n) is 3.56. The van der Waals surface area contributed by atoms with Crippen molar-refractivity contribution in [1.29, 1.82) is 0 Å². The number of fused-ring (bicyclic) bond motifs is 1. The number of carbonyl (C=O) groups is 1. The molecular formula is C18H10Cl2N2O3. The number of benzene rings is 2. The summed E-state index contributed by atoms with van der Waals surface area (Å²) in [7, 11) is 0. The fourth-order valence-electron chi connectivity index (χ4n) is 2.36. The molecule has 0 saturated heterocycles. The quantitative estimate of drug-likeness (QED) is 0.504. The normalized spacial score (nSPS) is 11.0. The van der Waals surface area contributed by atoms with Crippen molar-refractivity contribution in [2.75, 3.05) is 5.32 Å². The highest BCUT2D eigenvalue weighted by Gasteiger charge is 2.13. The molecule has 4 aromatic rings. The van der Waals surface area contributed by atoms with E-state index in [0.29, 0.717) is 38.3 Å². The molecule has 1 N–H and O–H groups in total. The number of hydrogen-bond donors (Lipinski definition) is 1. The molecule has 0 aliphatic rings. The van der Waals surface area contributed by atoms with Crippen molar-refractivity contribution in [2.24, 2.45) is 0 Å². The lowest BCUT2D eigenvalue weighted by molar-refractivity contribution is 0.0996. The zero-order valence-corrected chi connectivity index (χ0v) is 14.1. The summed E-state index contributed by atoms with van der Waals surface area (Å²) in [6, 6.07) is 13.6. The smallest absolute Gasteiger partial charge is 0.291 e. The summed E-state index contributed by atoms with van der Waals surface area (Å²) < 4.78 is 10.8. The summed E-state index contributed by atoms with van der Waals surface area (Å²) in [4.78, 5) is 16.5. The zero-order valence-electron chi connectivity index (χ0n) is 12.6. The van der Waals surface area contributed by atoms with E-state index in [1.165, 1.54) is 6.26 Å². The first-order valence-electron chi connectivity index (χ1n) is 7.31. The molecule has 0 aliphatic heterocycles. The van der Waals surface area contributed by atoms with Crippen LogP contribution in [0.4, 0.5) is 5.69 Å². The van der Waals surface area contributed by atoms with E-state index in [1.54, 1.807) is 48.5 Å². The van der Waals surface area contributed by atoms with Crippen LogP contribution in [0.5, 0.6) is 0 Å². The molecule has 0 spiro atoms. The highest BCUT2D eigenvalue weighted by atomic mass is 35.5. The van der Waals surface area contributed by atoms with Gasteiger partial charge >= 0.3 is 0 Å². The largest absolute Gasteiger partial charge is 0.459 e. The van der Waals surface area contributed by atoms with Gasteiger partial charge in [0.15, 0.2) is 11.3 Å². The summed E-state index contributed by atoms with van der Waals surface area (Å²) in [5, 5.41) is 3.64. The summed E-state index contributed by atoms with van der Waals surface area (Å²) in [5.74, 6) is 0.317. The lowest BCUT2D eigenvalue weighted by atomic mass is 10.2. The minimum atomic E-state index is -0.336. The molecule has 5 nitrogen and oxygen atoms in total. The molecule has 7 heteroatoms. The molecule has 0 fully saturated rings. The molecule has 0 radical (unpaired) electrons. The van der Waals surface area contributed by atoms with E-state index >= 15 is 0 Å². The van der Waals surface area contributed by atoms with Crippen molar-refractivity contribution in [2.45, 2.75) is 0 Å². The van der Waals surface area contributed by atoms with E-state index in [0.717, 1.165) is 0 Å². The van der Waals surface area contributed by atoms with Crippen molar-refractivity contribution < 1.29 is 13.6 Å². The second kappa shape index (κ2) is 6.27. The molecule has 124 valence electrons. The number of aromatic nitrogens is 1. The van der Waals surface area contributed by atoms with Crippen LogP contribution in [-0.2, 0) is 0 Å². The van der Waals surface area contributed by atoms with Crippen LogP contribution in [-0.4, -0.2) is 10.9 Å². The summed E-state index contributed by atoms with van der Waals surface area (Å²) in [5.41, 5.74) is 2.50. The maximum Gasteiger partial charge on any atom is 0.291 e. The van der Waals surface area contributed by atoms with Gasteiger partial charge in [-0.3, -0.25) is 4.79 Å². The highest BCUT2D eigenvalue weighted by Crippen LogP contribution is 2.30. The summed E-state index contributed by atoms with van der Waals surface area (Å²) >= 11 is 12.0. The van der Waals surface area contributed by atoms with Crippen LogP contribution in [0.25, 0.3) is 22.6 Å². The van der Waals surface area contributed by atoms with Gasteiger partial charge < -0.3 is 14.2 Å². The lowest BCUT2D eigenvalue weighted by Gasteiger charge is -2.01. The molecular weight excluding hydrogens is 363 g/mol. The molecule has 0 unspecified atom stereocenters. The van der Waals surface area contributed by atoms with Crippen LogP contribution in [0.2, 0.25) is 10.0 Å². The Morgan fingerprint density at radius 2 is 1.92 bits per heavy atom. The topological polar surface area (TPSA) is 68.3 Å². The number of oxazole rings is 1. The molecule has 0 saturated carbocycles. The first-order valence-corrected chi connectivity index (χ1v) is 8.06. The third-order valence-corrected chi connectivity index (χ3v) is 4.30. The maximum absolute atomic E-state index is 12.0. The number of nitrogens with zero attached hydrogens (tertiary/aromatic N) is 1. The number of halogens is 2. The van der Waals surface area contributed by atoms with E-state index in [9.17, 15) is 4.79 Å². The van der Waals surface area contributed by atoms with E-state index < -0.39 is 0 Å². The molecule has 0 atom stereocenters. The molecule has 2 aromatic heterocycles. The summed E-state index contributed by atoms with van der Waals surface area (Å²) in [6.45, 7) is 0. The van der Waals surface area contributed by atoms with Crippen LogP contribution in [0.1, 0.15) is 10.6 Å². The third kappa shape index (κ3) is 3.12. The Balaban J connectivity index is 1.65. The van der Waals surface area contributed by atoms with Gasteiger partial charge in [-0.25, -0.2) is 4.98 Å². The Labute approximate surface area is 152 Å². The van der Waals surface area contributed by atoms with Gasteiger partial charge in [-0.2, -0.15) is 0 Å². The summed E-state index contributed by atoms with van der Waals surface area (Å²) in [6.07, 6.45) is 1.44. The maximum atomic E-state index is 12.0.